The molecule has 0 aromatic heterocycles. The molecule has 0 aromatic rings. The van der Waals surface area contributed by atoms with Crippen molar-refractivity contribution >= 4 is 0 Å². The highest BCUT2D eigenvalue weighted by atomic mass is 16.7. The Bertz CT molecular complexity index is 102. The van der Waals surface area contributed by atoms with E-state index in [-0.39, 0.29) is 5.79 Å². The van der Waals surface area contributed by atoms with Gasteiger partial charge in [0, 0.05) is 12.8 Å². The molecule has 1 spiro atoms. The van der Waals surface area contributed by atoms with E-state index in [9.17, 15) is 0 Å². The SMILES string of the molecule is C1CCC2(CC1)OCCCO2. The first-order valence-electron chi connectivity index (χ1n) is 4.69. The maximum Gasteiger partial charge on any atom is 0.168 e. The van der Waals surface area contributed by atoms with Crippen LogP contribution in [0.2, 0.25) is 0 Å². The minimum absolute atomic E-state index is 0.142. The molecule has 0 aromatic carbocycles. The second kappa shape index (κ2) is 3.11. The summed E-state index contributed by atoms with van der Waals surface area (Å²) in [6, 6.07) is 0. The maximum absolute atomic E-state index is 5.68. The van der Waals surface area contributed by atoms with Gasteiger partial charge in [0.25, 0.3) is 0 Å². The molecule has 1 saturated heterocycles. The molecule has 0 radical (unpaired) electrons. The van der Waals surface area contributed by atoms with E-state index in [1.807, 2.05) is 0 Å². The largest absolute Gasteiger partial charge is 0.350 e. The molecule has 0 N–H and O–H groups in total. The van der Waals surface area contributed by atoms with Crippen LogP contribution in [0.1, 0.15) is 38.5 Å². The summed E-state index contributed by atoms with van der Waals surface area (Å²) in [4.78, 5) is 0. The number of hydrogen-bond acceptors (Lipinski definition) is 2. The molecule has 0 unspecified atom stereocenters. The Labute approximate surface area is 67.9 Å². The van der Waals surface area contributed by atoms with Gasteiger partial charge in [0.05, 0.1) is 13.2 Å². The van der Waals surface area contributed by atoms with E-state index in [1.165, 1.54) is 19.3 Å². The van der Waals surface area contributed by atoms with E-state index in [0.29, 0.717) is 0 Å². The topological polar surface area (TPSA) is 18.5 Å². The Morgan fingerprint density at radius 2 is 1.36 bits per heavy atom. The molecular weight excluding hydrogens is 140 g/mol. The normalized spacial score (nSPS) is 30.5. The van der Waals surface area contributed by atoms with Gasteiger partial charge in [-0.3, -0.25) is 0 Å². The molecule has 2 rings (SSSR count). The van der Waals surface area contributed by atoms with E-state index in [1.54, 1.807) is 0 Å². The predicted molar refractivity (Wildman–Crippen MR) is 42.3 cm³/mol. The van der Waals surface area contributed by atoms with Crippen LogP contribution in [0.25, 0.3) is 0 Å². The van der Waals surface area contributed by atoms with Gasteiger partial charge in [0.2, 0.25) is 0 Å². The molecule has 0 amide bonds. The van der Waals surface area contributed by atoms with Gasteiger partial charge in [-0.05, 0) is 19.3 Å². The summed E-state index contributed by atoms with van der Waals surface area (Å²) in [5.74, 6) is -0.142. The molecule has 1 aliphatic carbocycles. The molecule has 1 aliphatic heterocycles. The third-order valence-electron chi connectivity index (χ3n) is 2.63. The average molecular weight is 156 g/mol. The van der Waals surface area contributed by atoms with Crippen molar-refractivity contribution in [1.29, 1.82) is 0 Å². The first kappa shape index (κ1) is 7.56. The van der Waals surface area contributed by atoms with Gasteiger partial charge in [-0.1, -0.05) is 6.42 Å². The van der Waals surface area contributed by atoms with Gasteiger partial charge in [0.1, 0.15) is 0 Å². The van der Waals surface area contributed by atoms with Gasteiger partial charge >= 0.3 is 0 Å². The van der Waals surface area contributed by atoms with Crippen molar-refractivity contribution in [3.63, 3.8) is 0 Å². The smallest absolute Gasteiger partial charge is 0.168 e. The molecule has 0 bridgehead atoms. The number of ether oxygens (including phenoxy) is 2. The maximum atomic E-state index is 5.68. The zero-order valence-electron chi connectivity index (χ0n) is 6.97. The first-order chi connectivity index (χ1) is 5.41. The molecule has 11 heavy (non-hydrogen) atoms. The van der Waals surface area contributed by atoms with Crippen LogP contribution < -0.4 is 0 Å². The predicted octanol–water partition coefficient (Wildman–Crippen LogP) is 2.08. The lowest BCUT2D eigenvalue weighted by molar-refractivity contribution is -0.279. The van der Waals surface area contributed by atoms with E-state index in [4.69, 9.17) is 9.47 Å². The summed E-state index contributed by atoms with van der Waals surface area (Å²) in [7, 11) is 0. The van der Waals surface area contributed by atoms with Crippen LogP contribution >= 0.6 is 0 Å². The summed E-state index contributed by atoms with van der Waals surface area (Å²) in [5.41, 5.74) is 0. The highest BCUT2D eigenvalue weighted by Gasteiger charge is 2.35. The summed E-state index contributed by atoms with van der Waals surface area (Å²) in [6.45, 7) is 1.81. The highest BCUT2D eigenvalue weighted by Crippen LogP contribution is 2.34. The second-order valence-electron chi connectivity index (χ2n) is 3.52. The fraction of sp³-hybridized carbons (Fsp3) is 1.00. The van der Waals surface area contributed by atoms with Gasteiger partial charge in [-0.2, -0.15) is 0 Å². The van der Waals surface area contributed by atoms with Gasteiger partial charge in [-0.15, -0.1) is 0 Å². The molecule has 2 heteroatoms. The fourth-order valence-electron chi connectivity index (χ4n) is 2.00. The van der Waals surface area contributed by atoms with Crippen LogP contribution in [0.5, 0.6) is 0 Å². The molecular formula is C9H16O2. The third kappa shape index (κ3) is 1.57. The first-order valence-corrected chi connectivity index (χ1v) is 4.69. The number of rotatable bonds is 0. The Morgan fingerprint density at radius 1 is 0.727 bits per heavy atom. The fourth-order valence-corrected chi connectivity index (χ4v) is 2.00. The van der Waals surface area contributed by atoms with E-state index >= 15 is 0 Å². The van der Waals surface area contributed by atoms with Crippen molar-refractivity contribution in [2.75, 3.05) is 13.2 Å². The molecule has 1 saturated carbocycles. The van der Waals surface area contributed by atoms with Crippen LogP contribution in [-0.2, 0) is 9.47 Å². The summed E-state index contributed by atoms with van der Waals surface area (Å²) < 4.78 is 11.4. The Hall–Kier alpha value is -0.0800. The summed E-state index contributed by atoms with van der Waals surface area (Å²) >= 11 is 0. The Balaban J connectivity index is 1.94. The minimum Gasteiger partial charge on any atom is -0.350 e. The second-order valence-corrected chi connectivity index (χ2v) is 3.52. The van der Waals surface area contributed by atoms with Crippen LogP contribution in [-0.4, -0.2) is 19.0 Å². The van der Waals surface area contributed by atoms with Crippen LogP contribution in [0.3, 0.4) is 0 Å². The van der Waals surface area contributed by atoms with Crippen LogP contribution in [0.15, 0.2) is 0 Å². The average Bonchev–Trinajstić information content (AvgIpc) is 2.07. The Morgan fingerprint density at radius 3 is 2.00 bits per heavy atom. The lowest BCUT2D eigenvalue weighted by atomic mass is 9.93. The number of hydrogen-bond donors (Lipinski definition) is 0. The quantitative estimate of drug-likeness (QED) is 0.534. The van der Waals surface area contributed by atoms with Gasteiger partial charge in [-0.25, -0.2) is 0 Å². The minimum atomic E-state index is -0.142. The standard InChI is InChI=1S/C9H16O2/c1-2-5-9(6-3-1)10-7-4-8-11-9/h1-8H2. The zero-order valence-corrected chi connectivity index (χ0v) is 6.97. The monoisotopic (exact) mass is 156 g/mol. The molecule has 2 aliphatic rings. The summed E-state index contributed by atoms with van der Waals surface area (Å²) in [5, 5.41) is 0. The van der Waals surface area contributed by atoms with Crippen molar-refractivity contribution in [2.24, 2.45) is 0 Å². The van der Waals surface area contributed by atoms with E-state index in [2.05, 4.69) is 0 Å². The summed E-state index contributed by atoms with van der Waals surface area (Å²) in [6.07, 6.45) is 7.22. The highest BCUT2D eigenvalue weighted by molar-refractivity contribution is 4.77. The van der Waals surface area contributed by atoms with Gasteiger partial charge < -0.3 is 9.47 Å². The third-order valence-corrected chi connectivity index (χ3v) is 2.63. The van der Waals surface area contributed by atoms with Crippen molar-refractivity contribution in [3.05, 3.63) is 0 Å². The van der Waals surface area contributed by atoms with E-state index in [0.717, 1.165) is 32.5 Å². The molecule has 2 fully saturated rings. The lowest BCUT2D eigenvalue weighted by Gasteiger charge is -2.39. The molecule has 1 heterocycles. The lowest BCUT2D eigenvalue weighted by Crippen LogP contribution is -2.42. The van der Waals surface area contributed by atoms with Crippen LogP contribution in [0.4, 0.5) is 0 Å². The molecule has 2 nitrogen and oxygen atoms in total. The van der Waals surface area contributed by atoms with Crippen molar-refractivity contribution in [1.82, 2.24) is 0 Å². The Kier molecular flexibility index (Phi) is 2.14. The van der Waals surface area contributed by atoms with Crippen molar-refractivity contribution < 1.29 is 9.47 Å². The van der Waals surface area contributed by atoms with E-state index < -0.39 is 0 Å². The van der Waals surface area contributed by atoms with Crippen molar-refractivity contribution in [3.8, 4) is 0 Å². The van der Waals surface area contributed by atoms with Crippen LogP contribution in [0, 0.1) is 0 Å². The van der Waals surface area contributed by atoms with Crippen molar-refractivity contribution in [2.45, 2.75) is 44.3 Å². The van der Waals surface area contributed by atoms with Gasteiger partial charge in [0.15, 0.2) is 5.79 Å². The molecule has 0 atom stereocenters. The molecule has 64 valence electrons. The zero-order chi connectivity index (χ0) is 7.57.